The summed E-state index contributed by atoms with van der Waals surface area (Å²) in [5, 5.41) is 18.7. The molecule has 4 aromatic rings. The topological polar surface area (TPSA) is 94.3 Å². The molecular formula is C23H23N7O. The van der Waals surface area contributed by atoms with Crippen molar-refractivity contribution in [3.63, 3.8) is 0 Å². The highest BCUT2D eigenvalue weighted by molar-refractivity contribution is 5.80. The first-order chi connectivity index (χ1) is 15.1. The van der Waals surface area contributed by atoms with Crippen molar-refractivity contribution in [2.45, 2.75) is 39.3 Å². The van der Waals surface area contributed by atoms with Gasteiger partial charge in [0.15, 0.2) is 5.82 Å². The van der Waals surface area contributed by atoms with E-state index in [1.165, 1.54) is 4.68 Å². The van der Waals surface area contributed by atoms with E-state index in [9.17, 15) is 4.79 Å². The molecule has 0 amide bonds. The summed E-state index contributed by atoms with van der Waals surface area (Å²) >= 11 is 0. The molecule has 0 bridgehead atoms. The van der Waals surface area contributed by atoms with Gasteiger partial charge in [-0.3, -0.25) is 4.57 Å². The van der Waals surface area contributed by atoms with Gasteiger partial charge in [0.05, 0.1) is 13.1 Å². The molecule has 1 N–H and O–H groups in total. The largest absolute Gasteiger partial charge is 0.346 e. The fourth-order valence-electron chi connectivity index (χ4n) is 3.54. The Labute approximate surface area is 179 Å². The number of aromatic nitrogens is 7. The van der Waals surface area contributed by atoms with Crippen LogP contribution in [0.15, 0.2) is 53.3 Å². The minimum Gasteiger partial charge on any atom is -0.274 e. The summed E-state index contributed by atoms with van der Waals surface area (Å²) in [6, 6.07) is 16.1. The van der Waals surface area contributed by atoms with Gasteiger partial charge in [0.25, 0.3) is 0 Å². The molecule has 0 atom stereocenters. The minimum atomic E-state index is -0.133. The number of hydrogen-bond donors (Lipinski definition) is 1. The molecule has 0 aliphatic rings. The molecule has 2 aromatic carbocycles. The lowest BCUT2D eigenvalue weighted by Gasteiger charge is -2.10. The molecule has 0 aliphatic carbocycles. The third kappa shape index (κ3) is 4.16. The molecule has 31 heavy (non-hydrogen) atoms. The predicted molar refractivity (Wildman–Crippen MR) is 118 cm³/mol. The summed E-state index contributed by atoms with van der Waals surface area (Å²) in [4.78, 5) is 12.8. The predicted octanol–water partition coefficient (Wildman–Crippen LogP) is 3.09. The highest BCUT2D eigenvalue weighted by atomic mass is 16.2. The number of aryl methyl sites for hydroxylation is 1. The molecular weight excluding hydrogens is 390 g/mol. The van der Waals surface area contributed by atoms with Crippen molar-refractivity contribution in [1.29, 1.82) is 0 Å². The molecule has 2 heterocycles. The first-order valence-corrected chi connectivity index (χ1v) is 10.1. The molecule has 156 valence electrons. The maximum Gasteiger partial charge on any atom is 0.346 e. The van der Waals surface area contributed by atoms with Crippen molar-refractivity contribution >= 4 is 0 Å². The molecule has 2 aromatic heterocycles. The summed E-state index contributed by atoms with van der Waals surface area (Å²) in [6.45, 7) is 4.94. The van der Waals surface area contributed by atoms with Crippen LogP contribution in [0, 0.1) is 12.3 Å². The maximum absolute atomic E-state index is 12.8. The van der Waals surface area contributed by atoms with E-state index in [1.54, 1.807) is 4.57 Å². The van der Waals surface area contributed by atoms with Gasteiger partial charge in [0.1, 0.15) is 5.82 Å². The van der Waals surface area contributed by atoms with E-state index < -0.39 is 0 Å². The molecule has 8 heteroatoms. The van der Waals surface area contributed by atoms with Crippen molar-refractivity contribution in [3.05, 3.63) is 70.4 Å². The highest BCUT2D eigenvalue weighted by Gasteiger charge is 2.16. The number of nitrogens with one attached hydrogen (secondary N) is 1. The van der Waals surface area contributed by atoms with Crippen LogP contribution in [0.25, 0.3) is 22.5 Å². The molecule has 4 rings (SSSR count). The third-order valence-corrected chi connectivity index (χ3v) is 5.07. The van der Waals surface area contributed by atoms with E-state index in [0.29, 0.717) is 25.3 Å². The lowest BCUT2D eigenvalue weighted by Crippen LogP contribution is -2.26. The molecule has 0 fully saturated rings. The van der Waals surface area contributed by atoms with Crippen LogP contribution in [0.2, 0.25) is 0 Å². The number of hydrogen-bond acceptors (Lipinski definition) is 5. The number of nitrogens with zero attached hydrogens (tertiary/aromatic N) is 6. The fourth-order valence-corrected chi connectivity index (χ4v) is 3.54. The van der Waals surface area contributed by atoms with Crippen LogP contribution in [0.4, 0.5) is 0 Å². The third-order valence-electron chi connectivity index (χ3n) is 5.07. The molecule has 0 spiro atoms. The summed E-state index contributed by atoms with van der Waals surface area (Å²) in [6.07, 6.45) is 5.82. The van der Waals surface area contributed by atoms with Gasteiger partial charge in [-0.1, -0.05) is 62.4 Å². The first-order valence-electron chi connectivity index (χ1n) is 10.1. The Kier molecular flexibility index (Phi) is 5.76. The maximum atomic E-state index is 12.8. The van der Waals surface area contributed by atoms with Crippen LogP contribution in [-0.2, 0) is 13.1 Å². The molecule has 8 nitrogen and oxygen atoms in total. The summed E-state index contributed by atoms with van der Waals surface area (Å²) in [5.41, 5.74) is 3.87. The van der Waals surface area contributed by atoms with Crippen LogP contribution in [0.5, 0.6) is 0 Å². The smallest absolute Gasteiger partial charge is 0.274 e. The molecule has 0 aliphatic heterocycles. The second-order valence-corrected chi connectivity index (χ2v) is 7.55. The molecule has 0 unspecified atom stereocenters. The van der Waals surface area contributed by atoms with E-state index in [2.05, 4.69) is 31.6 Å². The monoisotopic (exact) mass is 413 g/mol. The molecule has 0 saturated heterocycles. The lowest BCUT2D eigenvalue weighted by molar-refractivity contribution is 0.590. The number of rotatable bonds is 7. The quantitative estimate of drug-likeness (QED) is 0.470. The van der Waals surface area contributed by atoms with Gasteiger partial charge in [-0.25, -0.2) is 14.6 Å². The van der Waals surface area contributed by atoms with E-state index in [4.69, 9.17) is 6.42 Å². The Morgan fingerprint density at radius 2 is 1.84 bits per heavy atom. The zero-order valence-electron chi connectivity index (χ0n) is 17.5. The van der Waals surface area contributed by atoms with Crippen LogP contribution in [0.3, 0.4) is 0 Å². The van der Waals surface area contributed by atoms with Crippen LogP contribution in [0.1, 0.15) is 37.6 Å². The van der Waals surface area contributed by atoms with Crippen LogP contribution in [-0.4, -0.2) is 35.0 Å². The second-order valence-electron chi connectivity index (χ2n) is 7.55. The average Bonchev–Trinajstić information content (AvgIpc) is 3.42. The zero-order valence-corrected chi connectivity index (χ0v) is 17.5. The number of terminal acetylenes is 1. The normalized spacial score (nSPS) is 11.0. The van der Waals surface area contributed by atoms with Crippen molar-refractivity contribution in [1.82, 2.24) is 35.0 Å². The van der Waals surface area contributed by atoms with E-state index in [0.717, 1.165) is 28.1 Å². The van der Waals surface area contributed by atoms with Crippen molar-refractivity contribution in [3.8, 4) is 34.9 Å². The first kappa shape index (κ1) is 20.3. The Morgan fingerprint density at radius 1 is 1.10 bits per heavy atom. The van der Waals surface area contributed by atoms with Gasteiger partial charge in [0, 0.05) is 17.9 Å². The average molecular weight is 413 g/mol. The molecule has 0 radical (unpaired) electrons. The standard InChI is InChI=1S/C23H23N7O/c1-4-5-14-30-23(31)29(22(26-30)16(2)3)15-17-10-12-18(13-11-17)19-8-6-7-9-20(19)21-24-27-28-25-21/h1,6-13,16H,5,14-15H2,2-3H3,(H,24,25,27,28). The number of aromatic amines is 1. The van der Waals surface area contributed by atoms with E-state index in [1.807, 2.05) is 62.4 Å². The van der Waals surface area contributed by atoms with Gasteiger partial charge >= 0.3 is 5.69 Å². The van der Waals surface area contributed by atoms with Gasteiger partial charge in [-0.2, -0.15) is 5.10 Å². The Hall–Kier alpha value is -3.99. The van der Waals surface area contributed by atoms with Gasteiger partial charge < -0.3 is 0 Å². The summed E-state index contributed by atoms with van der Waals surface area (Å²) < 4.78 is 3.19. The number of tetrazole rings is 1. The number of H-pyrrole nitrogens is 1. The number of benzene rings is 2. The summed E-state index contributed by atoms with van der Waals surface area (Å²) in [7, 11) is 0. The zero-order chi connectivity index (χ0) is 21.8. The minimum absolute atomic E-state index is 0.126. The van der Waals surface area contributed by atoms with E-state index >= 15 is 0 Å². The molecule has 0 saturated carbocycles. The van der Waals surface area contributed by atoms with Crippen molar-refractivity contribution < 1.29 is 0 Å². The summed E-state index contributed by atoms with van der Waals surface area (Å²) in [5.74, 6) is 4.07. The highest BCUT2D eigenvalue weighted by Crippen LogP contribution is 2.29. The van der Waals surface area contributed by atoms with Crippen molar-refractivity contribution in [2.24, 2.45) is 0 Å². The Morgan fingerprint density at radius 3 is 2.48 bits per heavy atom. The Balaban J connectivity index is 1.63. The second kappa shape index (κ2) is 8.79. The SMILES string of the molecule is C#CCCn1nc(C(C)C)n(Cc2ccc(-c3ccccc3-c3nnn[nH]3)cc2)c1=O. The van der Waals surface area contributed by atoms with E-state index in [-0.39, 0.29) is 11.6 Å². The Bertz CT molecular complexity index is 1260. The van der Waals surface area contributed by atoms with Gasteiger partial charge in [-0.05, 0) is 27.1 Å². The lowest BCUT2D eigenvalue weighted by atomic mass is 9.98. The fraction of sp³-hybridized carbons (Fsp3) is 0.261. The van der Waals surface area contributed by atoms with Crippen LogP contribution >= 0.6 is 0 Å². The van der Waals surface area contributed by atoms with Crippen LogP contribution < -0.4 is 5.69 Å². The van der Waals surface area contributed by atoms with Gasteiger partial charge in [-0.15, -0.1) is 17.4 Å². The van der Waals surface area contributed by atoms with Gasteiger partial charge in [0.2, 0.25) is 0 Å². The van der Waals surface area contributed by atoms with Crippen molar-refractivity contribution in [2.75, 3.05) is 0 Å².